The molecule has 0 aliphatic carbocycles. The van der Waals surface area contributed by atoms with Gasteiger partial charge in [-0.1, -0.05) is 17.9 Å². The Hall–Kier alpha value is -2.06. The Balaban J connectivity index is 3.08. The van der Waals surface area contributed by atoms with Crippen molar-refractivity contribution in [2.24, 2.45) is 0 Å². The number of aryl methyl sites for hydroxylation is 1. The second-order valence-corrected chi connectivity index (χ2v) is 2.83. The lowest BCUT2D eigenvalue weighted by Gasteiger charge is -1.96. The first-order valence-electron chi connectivity index (χ1n) is 4.21. The first kappa shape index (κ1) is 10.0. The first-order chi connectivity index (χ1) is 6.77. The standard InChI is InChI=1S/C12H9NO/c1-10-5-6-12(9-13)11(8-10)4-2-3-7-14/h5-8H,3H2,1H3. The molecule has 0 amide bonds. The van der Waals surface area contributed by atoms with Crippen molar-refractivity contribution in [2.75, 3.05) is 0 Å². The van der Waals surface area contributed by atoms with Gasteiger partial charge in [0.15, 0.2) is 0 Å². The van der Waals surface area contributed by atoms with Gasteiger partial charge < -0.3 is 4.79 Å². The minimum atomic E-state index is 0.207. The van der Waals surface area contributed by atoms with Crippen molar-refractivity contribution in [2.45, 2.75) is 13.3 Å². The van der Waals surface area contributed by atoms with Crippen molar-refractivity contribution < 1.29 is 4.79 Å². The highest BCUT2D eigenvalue weighted by Gasteiger charge is 1.97. The second-order valence-electron chi connectivity index (χ2n) is 2.83. The zero-order valence-electron chi connectivity index (χ0n) is 7.87. The van der Waals surface area contributed by atoms with Gasteiger partial charge in [0.25, 0.3) is 0 Å². The molecule has 0 N–H and O–H groups in total. The van der Waals surface area contributed by atoms with E-state index in [1.54, 1.807) is 6.07 Å². The summed E-state index contributed by atoms with van der Waals surface area (Å²) in [6.07, 6.45) is 0.952. The van der Waals surface area contributed by atoms with Crippen LogP contribution in [0, 0.1) is 30.1 Å². The summed E-state index contributed by atoms with van der Waals surface area (Å²) in [5.74, 6) is 5.49. The van der Waals surface area contributed by atoms with Crippen molar-refractivity contribution in [3.05, 3.63) is 34.9 Å². The minimum absolute atomic E-state index is 0.207. The van der Waals surface area contributed by atoms with E-state index in [2.05, 4.69) is 17.9 Å². The number of nitriles is 1. The van der Waals surface area contributed by atoms with Crippen molar-refractivity contribution >= 4 is 6.29 Å². The summed E-state index contributed by atoms with van der Waals surface area (Å²) in [4.78, 5) is 10.0. The maximum absolute atomic E-state index is 10.0. The Morgan fingerprint density at radius 1 is 1.43 bits per heavy atom. The number of aldehydes is 1. The van der Waals surface area contributed by atoms with E-state index in [0.29, 0.717) is 11.1 Å². The fraction of sp³-hybridized carbons (Fsp3) is 0.167. The number of carbonyl (C=O) groups is 1. The predicted molar refractivity (Wildman–Crippen MR) is 53.5 cm³/mol. The Kier molecular flexibility index (Phi) is 3.47. The third-order valence-electron chi connectivity index (χ3n) is 1.70. The van der Waals surface area contributed by atoms with Gasteiger partial charge in [-0.2, -0.15) is 5.26 Å². The second kappa shape index (κ2) is 4.84. The Bertz CT molecular complexity index is 444. The summed E-state index contributed by atoms with van der Waals surface area (Å²) in [7, 11) is 0. The molecule has 2 nitrogen and oxygen atoms in total. The number of hydrogen-bond acceptors (Lipinski definition) is 2. The highest BCUT2D eigenvalue weighted by molar-refractivity contribution is 5.56. The van der Waals surface area contributed by atoms with Gasteiger partial charge in [0.1, 0.15) is 12.4 Å². The predicted octanol–water partition coefficient (Wildman–Crippen LogP) is 1.81. The molecule has 0 saturated carbocycles. The number of carbonyl (C=O) groups excluding carboxylic acids is 1. The number of benzene rings is 1. The lowest BCUT2D eigenvalue weighted by Crippen LogP contribution is -1.84. The van der Waals surface area contributed by atoms with Gasteiger partial charge in [-0.15, -0.1) is 0 Å². The van der Waals surface area contributed by atoms with Crippen LogP contribution in [0.4, 0.5) is 0 Å². The van der Waals surface area contributed by atoms with Crippen LogP contribution in [0.15, 0.2) is 18.2 Å². The van der Waals surface area contributed by atoms with Crippen molar-refractivity contribution in [1.29, 1.82) is 5.26 Å². The minimum Gasteiger partial charge on any atom is -0.302 e. The largest absolute Gasteiger partial charge is 0.302 e. The summed E-state index contributed by atoms with van der Waals surface area (Å²) in [6, 6.07) is 7.50. The van der Waals surface area contributed by atoms with Gasteiger partial charge in [-0.05, 0) is 24.6 Å². The summed E-state index contributed by atoms with van der Waals surface area (Å²) in [6.45, 7) is 1.94. The molecule has 1 aromatic rings. The Labute approximate surface area is 83.2 Å². The zero-order valence-corrected chi connectivity index (χ0v) is 7.87. The molecule has 2 heteroatoms. The highest BCUT2D eigenvalue weighted by atomic mass is 16.1. The van der Waals surface area contributed by atoms with Gasteiger partial charge in [0, 0.05) is 5.56 Å². The monoisotopic (exact) mass is 183 g/mol. The van der Waals surface area contributed by atoms with Crippen molar-refractivity contribution in [3.8, 4) is 17.9 Å². The molecule has 0 heterocycles. The Morgan fingerprint density at radius 3 is 2.86 bits per heavy atom. The van der Waals surface area contributed by atoms with Crippen LogP contribution in [-0.2, 0) is 4.79 Å². The van der Waals surface area contributed by atoms with Gasteiger partial charge in [-0.25, -0.2) is 0 Å². The number of hydrogen-bond donors (Lipinski definition) is 0. The smallest absolute Gasteiger partial charge is 0.131 e. The molecule has 1 aromatic carbocycles. The summed E-state index contributed by atoms with van der Waals surface area (Å²) < 4.78 is 0. The lowest BCUT2D eigenvalue weighted by atomic mass is 10.1. The van der Waals surface area contributed by atoms with E-state index >= 15 is 0 Å². The molecule has 0 unspecified atom stereocenters. The highest BCUT2D eigenvalue weighted by Crippen LogP contribution is 2.09. The molecular weight excluding hydrogens is 174 g/mol. The fourth-order valence-electron chi connectivity index (χ4n) is 1.05. The van der Waals surface area contributed by atoms with Crippen LogP contribution in [0.25, 0.3) is 0 Å². The molecule has 0 aliphatic heterocycles. The molecule has 0 fully saturated rings. The molecule has 0 bridgehead atoms. The van der Waals surface area contributed by atoms with Crippen LogP contribution in [0.1, 0.15) is 23.1 Å². The van der Waals surface area contributed by atoms with Gasteiger partial charge in [0.05, 0.1) is 12.0 Å². The third-order valence-corrected chi connectivity index (χ3v) is 1.70. The van der Waals surface area contributed by atoms with E-state index in [9.17, 15) is 4.79 Å². The van der Waals surface area contributed by atoms with Crippen LogP contribution >= 0.6 is 0 Å². The van der Waals surface area contributed by atoms with Crippen LogP contribution in [0.5, 0.6) is 0 Å². The van der Waals surface area contributed by atoms with E-state index < -0.39 is 0 Å². The summed E-state index contributed by atoms with van der Waals surface area (Å²) >= 11 is 0. The van der Waals surface area contributed by atoms with Crippen molar-refractivity contribution in [3.63, 3.8) is 0 Å². The van der Waals surface area contributed by atoms with E-state index in [0.717, 1.165) is 11.8 Å². The molecule has 68 valence electrons. The summed E-state index contributed by atoms with van der Waals surface area (Å²) in [5, 5.41) is 8.78. The zero-order chi connectivity index (χ0) is 10.4. The van der Waals surface area contributed by atoms with Gasteiger partial charge in [0.2, 0.25) is 0 Å². The topological polar surface area (TPSA) is 40.9 Å². The maximum atomic E-state index is 10.0. The normalized spacial score (nSPS) is 8.29. The molecular formula is C12H9NO. The van der Waals surface area contributed by atoms with E-state index in [1.807, 2.05) is 19.1 Å². The molecule has 0 aliphatic rings. The average molecular weight is 183 g/mol. The molecule has 0 atom stereocenters. The maximum Gasteiger partial charge on any atom is 0.131 e. The SMILES string of the molecule is Cc1ccc(C#N)c(C#CCC=O)c1. The number of rotatable bonds is 1. The summed E-state index contributed by atoms with van der Waals surface area (Å²) in [5.41, 5.74) is 2.29. The lowest BCUT2D eigenvalue weighted by molar-refractivity contribution is -0.107. The molecule has 0 saturated heterocycles. The molecule has 1 rings (SSSR count). The van der Waals surface area contributed by atoms with Crippen LogP contribution in [0.2, 0.25) is 0 Å². The Morgan fingerprint density at radius 2 is 2.21 bits per heavy atom. The van der Waals surface area contributed by atoms with Gasteiger partial charge >= 0.3 is 0 Å². The van der Waals surface area contributed by atoms with Gasteiger partial charge in [-0.3, -0.25) is 0 Å². The van der Waals surface area contributed by atoms with E-state index in [4.69, 9.17) is 5.26 Å². The first-order valence-corrected chi connectivity index (χ1v) is 4.21. The van der Waals surface area contributed by atoms with Crippen molar-refractivity contribution in [1.82, 2.24) is 0 Å². The third kappa shape index (κ3) is 2.47. The molecule has 0 aromatic heterocycles. The van der Waals surface area contributed by atoms with Crippen LogP contribution < -0.4 is 0 Å². The fourth-order valence-corrected chi connectivity index (χ4v) is 1.05. The van der Waals surface area contributed by atoms with Crippen LogP contribution in [0.3, 0.4) is 0 Å². The van der Waals surface area contributed by atoms with E-state index in [1.165, 1.54) is 0 Å². The quantitative estimate of drug-likeness (QED) is 0.492. The molecule has 0 radical (unpaired) electrons. The average Bonchev–Trinajstić information content (AvgIpc) is 2.19. The van der Waals surface area contributed by atoms with Crippen LogP contribution in [-0.4, -0.2) is 6.29 Å². The molecule has 14 heavy (non-hydrogen) atoms. The number of nitrogens with zero attached hydrogens (tertiary/aromatic N) is 1. The molecule has 0 spiro atoms. The van der Waals surface area contributed by atoms with E-state index in [-0.39, 0.29) is 6.42 Å².